The quantitative estimate of drug-likeness (QED) is 0.483. The minimum absolute atomic E-state index is 1.40. The normalized spacial score (nSPS) is 8.71. The molecule has 1 N–H and O–H groups in total. The number of hydrogen-bond acceptors (Lipinski definition) is 4. The molecule has 0 saturated carbocycles. The number of rotatable bonds is 1. The highest BCUT2D eigenvalue weighted by molar-refractivity contribution is 4.51. The summed E-state index contributed by atoms with van der Waals surface area (Å²) in [4.78, 5) is 1.40. The van der Waals surface area contributed by atoms with Crippen molar-refractivity contribution < 1.29 is 0 Å². The van der Waals surface area contributed by atoms with Crippen LogP contribution in [0.5, 0.6) is 0 Å². The summed E-state index contributed by atoms with van der Waals surface area (Å²) >= 11 is 0. The summed E-state index contributed by atoms with van der Waals surface area (Å²) in [6.07, 6.45) is 1.47. The molecule has 0 saturated heterocycles. The van der Waals surface area contributed by atoms with Gasteiger partial charge in [-0.2, -0.15) is 0 Å². The lowest BCUT2D eigenvalue weighted by atomic mass is 11.3. The van der Waals surface area contributed by atoms with Crippen LogP contribution >= 0.6 is 0 Å². The van der Waals surface area contributed by atoms with Gasteiger partial charge in [0.25, 0.3) is 0 Å². The molecule has 0 amide bonds. The van der Waals surface area contributed by atoms with Crippen molar-refractivity contribution in [2.45, 2.75) is 0 Å². The molecule has 1 rings (SSSR count). The Kier molecular flexibility index (Phi) is 0.892. The Balaban J connectivity index is 2.76. The number of nitrogens with one attached hydrogen (secondary N) is 1. The van der Waals surface area contributed by atoms with E-state index in [0.717, 1.165) is 0 Å². The van der Waals surface area contributed by atoms with Gasteiger partial charge in [0.2, 0.25) is 0 Å². The van der Waals surface area contributed by atoms with E-state index in [-0.39, 0.29) is 0 Å². The van der Waals surface area contributed by atoms with E-state index >= 15 is 0 Å². The summed E-state index contributed by atoms with van der Waals surface area (Å²) in [6, 6.07) is 0. The predicted molar refractivity (Wildman–Crippen MR) is 23.1 cm³/mol. The molecule has 1 heterocycles. The van der Waals surface area contributed by atoms with Crippen LogP contribution in [0.15, 0.2) is 6.33 Å². The van der Waals surface area contributed by atoms with Crippen LogP contribution in [0.1, 0.15) is 0 Å². The zero-order valence-electron chi connectivity index (χ0n) is 3.87. The summed E-state index contributed by atoms with van der Waals surface area (Å²) < 4.78 is 0. The van der Waals surface area contributed by atoms with E-state index in [1.807, 2.05) is 0 Å². The average molecular weight is 99.1 g/mol. The van der Waals surface area contributed by atoms with Crippen LogP contribution in [0, 0.1) is 0 Å². The van der Waals surface area contributed by atoms with Crippen molar-refractivity contribution in [1.82, 2.24) is 20.3 Å². The van der Waals surface area contributed by atoms with E-state index in [1.165, 1.54) is 11.1 Å². The first-order valence-corrected chi connectivity index (χ1v) is 1.84. The zero-order chi connectivity index (χ0) is 5.11. The molecule has 1 aromatic heterocycles. The molecule has 0 spiro atoms. The van der Waals surface area contributed by atoms with Crippen LogP contribution < -0.4 is 5.43 Å². The van der Waals surface area contributed by atoms with Gasteiger partial charge < -0.3 is 5.43 Å². The van der Waals surface area contributed by atoms with Gasteiger partial charge in [-0.1, -0.05) is 0 Å². The fraction of sp³-hybridized carbons (Fsp3) is 0.500. The molecule has 0 aromatic carbocycles. The molecule has 0 fully saturated rings. The number of aromatic nitrogens is 4. The Labute approximate surface area is 40.3 Å². The van der Waals surface area contributed by atoms with E-state index in [1.54, 1.807) is 7.05 Å². The topological polar surface area (TPSA) is 55.6 Å². The molecule has 0 aliphatic heterocycles. The lowest BCUT2D eigenvalue weighted by Gasteiger charge is -1.88. The van der Waals surface area contributed by atoms with Crippen LogP contribution in [-0.2, 0) is 0 Å². The first-order chi connectivity index (χ1) is 3.43. The van der Waals surface area contributed by atoms with Gasteiger partial charge in [-0.3, -0.25) is 0 Å². The SMILES string of the molecule is CNn1cnnn1. The average Bonchev–Trinajstić information content (AvgIpc) is 2.14. The summed E-state index contributed by atoms with van der Waals surface area (Å²) in [5, 5.41) is 10.2. The van der Waals surface area contributed by atoms with Crippen LogP contribution in [0.25, 0.3) is 0 Å². The van der Waals surface area contributed by atoms with Crippen LogP contribution in [0.2, 0.25) is 0 Å². The Morgan fingerprint density at radius 3 is 2.86 bits per heavy atom. The van der Waals surface area contributed by atoms with Gasteiger partial charge in [-0.25, -0.2) is 0 Å². The van der Waals surface area contributed by atoms with Gasteiger partial charge in [0.1, 0.15) is 0 Å². The first kappa shape index (κ1) is 4.04. The van der Waals surface area contributed by atoms with Gasteiger partial charge >= 0.3 is 0 Å². The van der Waals surface area contributed by atoms with Crippen molar-refractivity contribution in [2.24, 2.45) is 0 Å². The maximum Gasteiger partial charge on any atom is 0.161 e. The van der Waals surface area contributed by atoms with Gasteiger partial charge in [0.15, 0.2) is 6.33 Å². The Morgan fingerprint density at radius 2 is 2.57 bits per heavy atom. The van der Waals surface area contributed by atoms with Crippen molar-refractivity contribution in [3.8, 4) is 0 Å². The van der Waals surface area contributed by atoms with E-state index in [9.17, 15) is 0 Å². The Bertz CT molecular complexity index is 121. The molecule has 0 unspecified atom stereocenters. The van der Waals surface area contributed by atoms with E-state index in [4.69, 9.17) is 0 Å². The van der Waals surface area contributed by atoms with Gasteiger partial charge in [-0.05, 0) is 10.4 Å². The monoisotopic (exact) mass is 99.1 g/mol. The fourth-order valence-corrected chi connectivity index (χ4v) is 0.264. The highest BCUT2D eigenvalue weighted by Crippen LogP contribution is 1.60. The molecule has 38 valence electrons. The Hall–Kier alpha value is -1.13. The minimum atomic E-state index is 1.40. The smallest absolute Gasteiger partial charge is 0.161 e. The fourth-order valence-electron chi connectivity index (χ4n) is 0.264. The summed E-state index contributed by atoms with van der Waals surface area (Å²) in [7, 11) is 1.73. The van der Waals surface area contributed by atoms with E-state index in [0.29, 0.717) is 0 Å². The maximum atomic E-state index is 3.48. The summed E-state index contributed by atoms with van der Waals surface area (Å²) in [5.74, 6) is 0. The van der Waals surface area contributed by atoms with Crippen molar-refractivity contribution in [3.63, 3.8) is 0 Å². The molecule has 5 nitrogen and oxygen atoms in total. The highest BCUT2D eigenvalue weighted by atomic mass is 15.7. The van der Waals surface area contributed by atoms with Crippen LogP contribution in [0.4, 0.5) is 0 Å². The molecule has 0 atom stereocenters. The third-order valence-electron chi connectivity index (χ3n) is 0.578. The lowest BCUT2D eigenvalue weighted by molar-refractivity contribution is 0.723. The molecule has 0 aliphatic carbocycles. The van der Waals surface area contributed by atoms with Crippen LogP contribution in [0.3, 0.4) is 0 Å². The molecule has 7 heavy (non-hydrogen) atoms. The summed E-state index contributed by atoms with van der Waals surface area (Å²) in [6.45, 7) is 0. The molecular weight excluding hydrogens is 94.1 g/mol. The zero-order valence-corrected chi connectivity index (χ0v) is 3.87. The predicted octanol–water partition coefficient (Wildman–Crippen LogP) is -1.15. The number of hydrogen-bond donors (Lipinski definition) is 1. The molecule has 0 radical (unpaired) electrons. The lowest BCUT2D eigenvalue weighted by Crippen LogP contribution is -2.08. The second-order valence-corrected chi connectivity index (χ2v) is 0.978. The van der Waals surface area contributed by atoms with Crippen molar-refractivity contribution in [2.75, 3.05) is 12.5 Å². The van der Waals surface area contributed by atoms with Crippen molar-refractivity contribution >= 4 is 0 Å². The highest BCUT2D eigenvalue weighted by Gasteiger charge is 1.78. The van der Waals surface area contributed by atoms with Gasteiger partial charge in [0, 0.05) is 7.05 Å². The Morgan fingerprint density at radius 1 is 1.71 bits per heavy atom. The maximum absolute atomic E-state index is 3.48. The molecular formula is C2H5N5. The van der Waals surface area contributed by atoms with Crippen molar-refractivity contribution in [3.05, 3.63) is 6.33 Å². The van der Waals surface area contributed by atoms with E-state index in [2.05, 4.69) is 21.0 Å². The molecule has 0 aliphatic rings. The third kappa shape index (κ3) is 0.648. The van der Waals surface area contributed by atoms with Crippen molar-refractivity contribution in [1.29, 1.82) is 0 Å². The largest absolute Gasteiger partial charge is 0.310 e. The molecule has 1 aromatic rings. The van der Waals surface area contributed by atoms with Gasteiger partial charge in [-0.15, -0.1) is 9.89 Å². The molecule has 5 heteroatoms. The second-order valence-electron chi connectivity index (χ2n) is 0.978. The number of nitrogens with zero attached hydrogens (tertiary/aromatic N) is 4. The first-order valence-electron chi connectivity index (χ1n) is 1.84. The minimum Gasteiger partial charge on any atom is -0.310 e. The summed E-state index contributed by atoms with van der Waals surface area (Å²) in [5.41, 5.74) is 2.69. The molecule has 0 bridgehead atoms. The van der Waals surface area contributed by atoms with Gasteiger partial charge in [0.05, 0.1) is 0 Å². The standard InChI is InChI=1S/C2H5N5/c1-3-7-2-4-5-6-7/h2-3H,1H3. The van der Waals surface area contributed by atoms with E-state index < -0.39 is 0 Å². The number of tetrazole rings is 1. The van der Waals surface area contributed by atoms with Crippen LogP contribution in [-0.4, -0.2) is 27.4 Å². The second kappa shape index (κ2) is 1.55. The third-order valence-corrected chi connectivity index (χ3v) is 0.578.